The zero-order valence-corrected chi connectivity index (χ0v) is 13.6. The van der Waals surface area contributed by atoms with Crippen LogP contribution in [0.4, 0.5) is 4.39 Å². The molecule has 23 heavy (non-hydrogen) atoms. The molecule has 0 heterocycles. The van der Waals surface area contributed by atoms with Gasteiger partial charge < -0.3 is 10.4 Å². The van der Waals surface area contributed by atoms with Crippen LogP contribution in [0.1, 0.15) is 19.4 Å². The number of aliphatic carboxylic acids is 1. The number of nitrogens with one attached hydrogen (secondary N) is 1. The quantitative estimate of drug-likeness (QED) is 0.716. The molecule has 0 saturated heterocycles. The van der Waals surface area contributed by atoms with E-state index in [9.17, 15) is 22.4 Å². The number of carboxylic acid groups (broad SMARTS) is 1. The fourth-order valence-corrected chi connectivity index (χ4v) is 3.67. The van der Waals surface area contributed by atoms with Crippen molar-refractivity contribution in [2.24, 2.45) is 0 Å². The first-order valence-corrected chi connectivity index (χ1v) is 8.46. The second-order valence-corrected chi connectivity index (χ2v) is 6.88. The van der Waals surface area contributed by atoms with Gasteiger partial charge in [0.25, 0.3) is 0 Å². The molecule has 0 aliphatic carbocycles. The molecule has 0 aliphatic heterocycles. The fourth-order valence-electron chi connectivity index (χ4n) is 1.93. The molecule has 0 fully saturated rings. The number of halogens is 1. The van der Waals surface area contributed by atoms with Crippen LogP contribution in [0.15, 0.2) is 24.3 Å². The Labute approximate surface area is 134 Å². The summed E-state index contributed by atoms with van der Waals surface area (Å²) in [6, 6.07) is 4.05. The smallest absolute Gasteiger partial charge is 0.321 e. The van der Waals surface area contributed by atoms with Crippen molar-refractivity contribution in [2.45, 2.75) is 25.6 Å². The summed E-state index contributed by atoms with van der Waals surface area (Å²) in [6.07, 6.45) is 0. The van der Waals surface area contributed by atoms with Crippen LogP contribution in [-0.2, 0) is 25.4 Å². The van der Waals surface area contributed by atoms with Crippen molar-refractivity contribution >= 4 is 21.9 Å². The van der Waals surface area contributed by atoms with Crippen LogP contribution in [0.2, 0.25) is 0 Å². The number of amides is 1. The molecule has 128 valence electrons. The Bertz CT molecular complexity index is 678. The molecule has 1 amide bonds. The lowest BCUT2D eigenvalue weighted by Gasteiger charge is -2.25. The Morgan fingerprint density at radius 2 is 1.96 bits per heavy atom. The highest BCUT2D eigenvalue weighted by Gasteiger charge is 2.32. The van der Waals surface area contributed by atoms with Crippen LogP contribution in [0, 0.1) is 5.82 Å². The zero-order chi connectivity index (χ0) is 17.6. The van der Waals surface area contributed by atoms with Crippen LogP contribution >= 0.6 is 0 Å². The Hall–Kier alpha value is -2.00. The van der Waals surface area contributed by atoms with Gasteiger partial charge in [0.15, 0.2) is 0 Å². The summed E-state index contributed by atoms with van der Waals surface area (Å²) >= 11 is 0. The van der Waals surface area contributed by atoms with Gasteiger partial charge >= 0.3 is 5.97 Å². The van der Waals surface area contributed by atoms with Crippen molar-refractivity contribution in [3.05, 3.63) is 35.6 Å². The van der Waals surface area contributed by atoms with E-state index in [1.807, 2.05) is 0 Å². The van der Waals surface area contributed by atoms with E-state index in [1.165, 1.54) is 32.0 Å². The van der Waals surface area contributed by atoms with E-state index >= 15 is 0 Å². The minimum atomic E-state index is -4.08. The maximum Gasteiger partial charge on any atom is 0.321 e. The van der Waals surface area contributed by atoms with E-state index in [4.69, 9.17) is 5.11 Å². The van der Waals surface area contributed by atoms with Crippen molar-refractivity contribution in [3.63, 3.8) is 0 Å². The maximum absolute atomic E-state index is 13.6. The number of hydrogen-bond acceptors (Lipinski definition) is 4. The average Bonchev–Trinajstić information content (AvgIpc) is 2.44. The van der Waals surface area contributed by atoms with Crippen LogP contribution in [0.3, 0.4) is 0 Å². The molecule has 0 radical (unpaired) electrons. The molecule has 1 rings (SSSR count). The number of benzene rings is 1. The third-order valence-corrected chi connectivity index (χ3v) is 5.04. The van der Waals surface area contributed by atoms with Gasteiger partial charge in [-0.3, -0.25) is 9.59 Å². The first kappa shape index (κ1) is 19.0. The van der Waals surface area contributed by atoms with Crippen molar-refractivity contribution in [2.75, 3.05) is 13.1 Å². The average molecular weight is 346 g/mol. The lowest BCUT2D eigenvalue weighted by atomic mass is 10.2. The van der Waals surface area contributed by atoms with E-state index in [-0.39, 0.29) is 24.6 Å². The van der Waals surface area contributed by atoms with Gasteiger partial charge in [-0.2, -0.15) is 4.31 Å². The van der Waals surface area contributed by atoms with Gasteiger partial charge in [0, 0.05) is 25.6 Å². The summed E-state index contributed by atoms with van der Waals surface area (Å²) in [4.78, 5) is 22.0. The van der Waals surface area contributed by atoms with Gasteiger partial charge in [-0.15, -0.1) is 0 Å². The standard InChI is InChI=1S/C14H19FN2O5S/c1-10(14(19)20)17(8-7-16-11(2)18)23(21,22)9-12-5-3-4-6-13(12)15/h3-6,10H,7-9H2,1-2H3,(H,16,18)(H,19,20). The molecule has 1 atom stereocenters. The van der Waals surface area contributed by atoms with Crippen molar-refractivity contribution < 1.29 is 27.5 Å². The summed E-state index contributed by atoms with van der Waals surface area (Å²) in [5.74, 6) is -3.03. The first-order chi connectivity index (χ1) is 10.6. The van der Waals surface area contributed by atoms with Crippen LogP contribution in [0.25, 0.3) is 0 Å². The van der Waals surface area contributed by atoms with Gasteiger partial charge in [-0.25, -0.2) is 12.8 Å². The highest BCUT2D eigenvalue weighted by molar-refractivity contribution is 7.88. The number of carbonyl (C=O) groups is 2. The lowest BCUT2D eigenvalue weighted by Crippen LogP contribution is -2.47. The van der Waals surface area contributed by atoms with Gasteiger partial charge in [0.05, 0.1) is 5.75 Å². The molecule has 0 aliphatic rings. The minimum absolute atomic E-state index is 0.0382. The molecule has 2 N–H and O–H groups in total. The van der Waals surface area contributed by atoms with E-state index < -0.39 is 33.6 Å². The molecular formula is C14H19FN2O5S. The molecule has 1 aromatic carbocycles. The molecule has 0 saturated carbocycles. The molecule has 0 spiro atoms. The largest absolute Gasteiger partial charge is 0.480 e. The molecule has 0 aromatic heterocycles. The Morgan fingerprint density at radius 3 is 2.48 bits per heavy atom. The number of sulfonamides is 1. The topological polar surface area (TPSA) is 104 Å². The van der Waals surface area contributed by atoms with E-state index in [1.54, 1.807) is 0 Å². The maximum atomic E-state index is 13.6. The van der Waals surface area contributed by atoms with Gasteiger partial charge in [-0.05, 0) is 13.0 Å². The van der Waals surface area contributed by atoms with E-state index in [2.05, 4.69) is 5.32 Å². The molecule has 7 nitrogen and oxygen atoms in total. The van der Waals surface area contributed by atoms with Gasteiger partial charge in [-0.1, -0.05) is 18.2 Å². The SMILES string of the molecule is CC(=O)NCCN(C(C)C(=O)O)S(=O)(=O)Cc1ccccc1F. The predicted molar refractivity (Wildman–Crippen MR) is 81.5 cm³/mol. The molecule has 0 bridgehead atoms. The summed E-state index contributed by atoms with van der Waals surface area (Å²) in [5.41, 5.74) is -0.0467. The summed E-state index contributed by atoms with van der Waals surface area (Å²) in [6.45, 7) is 2.22. The van der Waals surface area contributed by atoms with E-state index in [0.29, 0.717) is 0 Å². The fraction of sp³-hybridized carbons (Fsp3) is 0.429. The number of carboxylic acids is 1. The third-order valence-electron chi connectivity index (χ3n) is 3.15. The minimum Gasteiger partial charge on any atom is -0.480 e. The Kier molecular flexibility index (Phi) is 6.64. The number of rotatable bonds is 8. The highest BCUT2D eigenvalue weighted by Crippen LogP contribution is 2.16. The number of carbonyl (C=O) groups excluding carboxylic acids is 1. The van der Waals surface area contributed by atoms with Crippen molar-refractivity contribution in [1.29, 1.82) is 0 Å². The summed E-state index contributed by atoms with van der Waals surface area (Å²) in [5, 5.41) is 11.5. The van der Waals surface area contributed by atoms with Gasteiger partial charge in [0.2, 0.25) is 15.9 Å². The summed E-state index contributed by atoms with van der Waals surface area (Å²) in [7, 11) is -4.08. The van der Waals surface area contributed by atoms with E-state index in [0.717, 1.165) is 10.4 Å². The summed E-state index contributed by atoms with van der Waals surface area (Å²) < 4.78 is 39.3. The molecule has 9 heteroatoms. The van der Waals surface area contributed by atoms with Crippen molar-refractivity contribution in [1.82, 2.24) is 9.62 Å². The first-order valence-electron chi connectivity index (χ1n) is 6.85. The second kappa shape index (κ2) is 8.02. The number of nitrogens with zero attached hydrogens (tertiary/aromatic N) is 1. The van der Waals surface area contributed by atoms with Crippen LogP contribution < -0.4 is 5.32 Å². The molecule has 1 aromatic rings. The highest BCUT2D eigenvalue weighted by atomic mass is 32.2. The Balaban J connectivity index is 3.00. The van der Waals surface area contributed by atoms with Crippen LogP contribution in [0.5, 0.6) is 0 Å². The van der Waals surface area contributed by atoms with Gasteiger partial charge in [0.1, 0.15) is 11.9 Å². The number of hydrogen-bond donors (Lipinski definition) is 2. The van der Waals surface area contributed by atoms with Crippen LogP contribution in [-0.4, -0.2) is 48.8 Å². The lowest BCUT2D eigenvalue weighted by molar-refractivity contribution is -0.140. The monoisotopic (exact) mass is 346 g/mol. The Morgan fingerprint density at radius 1 is 1.35 bits per heavy atom. The molecular weight excluding hydrogens is 327 g/mol. The second-order valence-electron chi connectivity index (χ2n) is 4.96. The van der Waals surface area contributed by atoms with Crippen molar-refractivity contribution in [3.8, 4) is 0 Å². The normalized spacial score (nSPS) is 12.9. The third kappa shape index (κ3) is 5.61. The zero-order valence-electron chi connectivity index (χ0n) is 12.8. The molecule has 1 unspecified atom stereocenters. The predicted octanol–water partition coefficient (Wildman–Crippen LogP) is 0.567.